The molecule has 3 aromatic rings. The number of nitrogens with one attached hydrogen (secondary N) is 2. The number of rotatable bonds is 6. The predicted octanol–water partition coefficient (Wildman–Crippen LogP) is 3.47. The maximum Gasteiger partial charge on any atom is 0.231 e. The number of hydrogen-bond acceptors (Lipinski definition) is 5. The van der Waals surface area contributed by atoms with Gasteiger partial charge in [-0.25, -0.2) is 14.4 Å². The second kappa shape index (κ2) is 6.47. The van der Waals surface area contributed by atoms with Crippen molar-refractivity contribution in [3.05, 3.63) is 30.6 Å². The molecule has 7 nitrogen and oxygen atoms in total. The van der Waals surface area contributed by atoms with Crippen LogP contribution in [0.2, 0.25) is 0 Å². The zero-order valence-electron chi connectivity index (χ0n) is 15.2. The standard InChI is InChI=1S/C20H19FN4O3/c1-27-20-17(15(6-7-22-20)28-10-2-3-10)13-9-23-18-11(13)4-5-16(24-18)25-19(26)12-8-14(12)21/h4-7,9-10,12,14H,2-3,8H2,1H3,(H2,23,24,25,26). The summed E-state index contributed by atoms with van der Waals surface area (Å²) < 4.78 is 24.6. The molecular weight excluding hydrogens is 363 g/mol. The lowest BCUT2D eigenvalue weighted by atomic mass is 10.1. The number of H-pyrrole nitrogens is 1. The Balaban J connectivity index is 1.51. The molecule has 3 heterocycles. The van der Waals surface area contributed by atoms with Crippen LogP contribution in [0.5, 0.6) is 11.6 Å². The van der Waals surface area contributed by atoms with Gasteiger partial charge in [-0.15, -0.1) is 0 Å². The molecule has 2 N–H and O–H groups in total. The van der Waals surface area contributed by atoms with Gasteiger partial charge in [-0.2, -0.15) is 0 Å². The number of nitrogens with zero attached hydrogens (tertiary/aromatic N) is 2. The summed E-state index contributed by atoms with van der Waals surface area (Å²) in [5.74, 6) is 0.686. The van der Waals surface area contributed by atoms with Gasteiger partial charge in [-0.1, -0.05) is 0 Å². The summed E-state index contributed by atoms with van der Waals surface area (Å²) in [6.45, 7) is 0. The Morgan fingerprint density at radius 1 is 1.32 bits per heavy atom. The molecule has 0 aromatic carbocycles. The van der Waals surface area contributed by atoms with Crippen LogP contribution in [-0.4, -0.2) is 40.2 Å². The van der Waals surface area contributed by atoms with Crippen molar-refractivity contribution >= 4 is 22.8 Å². The molecule has 1 amide bonds. The quantitative estimate of drug-likeness (QED) is 0.681. The lowest BCUT2D eigenvalue weighted by Gasteiger charge is -2.13. The molecule has 2 aliphatic rings. The molecule has 0 spiro atoms. The third-order valence-corrected chi connectivity index (χ3v) is 5.00. The van der Waals surface area contributed by atoms with E-state index >= 15 is 0 Å². The summed E-state index contributed by atoms with van der Waals surface area (Å²) in [4.78, 5) is 23.8. The number of halogens is 1. The number of fused-ring (bicyclic) bond motifs is 1. The van der Waals surface area contributed by atoms with Gasteiger partial charge in [0.15, 0.2) is 0 Å². The highest BCUT2D eigenvalue weighted by atomic mass is 19.1. The van der Waals surface area contributed by atoms with Crippen LogP contribution >= 0.6 is 0 Å². The number of carbonyl (C=O) groups excluding carboxylic acids is 1. The van der Waals surface area contributed by atoms with Crippen molar-refractivity contribution < 1.29 is 18.7 Å². The average Bonchev–Trinajstić information content (AvgIpc) is 3.61. The van der Waals surface area contributed by atoms with Gasteiger partial charge in [0.05, 0.1) is 24.7 Å². The lowest BCUT2D eigenvalue weighted by molar-refractivity contribution is -0.117. The molecule has 0 saturated heterocycles. The van der Waals surface area contributed by atoms with Crippen LogP contribution < -0.4 is 14.8 Å². The van der Waals surface area contributed by atoms with Crippen molar-refractivity contribution in [2.75, 3.05) is 12.4 Å². The van der Waals surface area contributed by atoms with Gasteiger partial charge in [-0.3, -0.25) is 4.79 Å². The van der Waals surface area contributed by atoms with Crippen molar-refractivity contribution in [2.45, 2.75) is 31.5 Å². The van der Waals surface area contributed by atoms with E-state index in [4.69, 9.17) is 9.47 Å². The fraction of sp³-hybridized carbons (Fsp3) is 0.350. The molecule has 0 radical (unpaired) electrons. The summed E-state index contributed by atoms with van der Waals surface area (Å²) in [7, 11) is 1.57. The van der Waals surface area contributed by atoms with E-state index in [1.165, 1.54) is 0 Å². The van der Waals surface area contributed by atoms with E-state index in [0.717, 1.165) is 35.1 Å². The number of anilines is 1. The van der Waals surface area contributed by atoms with Crippen LogP contribution in [0.3, 0.4) is 0 Å². The number of ether oxygens (including phenoxy) is 2. The first-order chi connectivity index (χ1) is 13.6. The molecule has 144 valence electrons. The minimum absolute atomic E-state index is 0.234. The highest BCUT2D eigenvalue weighted by Crippen LogP contribution is 2.42. The van der Waals surface area contributed by atoms with Crippen molar-refractivity contribution in [2.24, 2.45) is 5.92 Å². The van der Waals surface area contributed by atoms with E-state index in [9.17, 15) is 9.18 Å². The maximum absolute atomic E-state index is 13.1. The van der Waals surface area contributed by atoms with Crippen molar-refractivity contribution in [1.82, 2.24) is 15.0 Å². The molecule has 2 unspecified atom stereocenters. The topological polar surface area (TPSA) is 89.1 Å². The Morgan fingerprint density at radius 3 is 2.86 bits per heavy atom. The Labute approximate surface area is 160 Å². The average molecular weight is 382 g/mol. The maximum atomic E-state index is 13.1. The first-order valence-electron chi connectivity index (χ1n) is 9.27. The number of amides is 1. The highest BCUT2D eigenvalue weighted by molar-refractivity contribution is 5.99. The zero-order chi connectivity index (χ0) is 19.3. The van der Waals surface area contributed by atoms with Crippen LogP contribution in [-0.2, 0) is 4.79 Å². The van der Waals surface area contributed by atoms with E-state index in [1.54, 1.807) is 19.4 Å². The van der Waals surface area contributed by atoms with Crippen LogP contribution in [0, 0.1) is 5.92 Å². The van der Waals surface area contributed by atoms with Gasteiger partial charge in [0.2, 0.25) is 11.8 Å². The van der Waals surface area contributed by atoms with E-state index in [0.29, 0.717) is 17.3 Å². The van der Waals surface area contributed by atoms with Gasteiger partial charge < -0.3 is 19.8 Å². The molecule has 2 aliphatic carbocycles. The highest BCUT2D eigenvalue weighted by Gasteiger charge is 2.43. The lowest BCUT2D eigenvalue weighted by Crippen LogP contribution is -2.15. The smallest absolute Gasteiger partial charge is 0.231 e. The van der Waals surface area contributed by atoms with E-state index in [2.05, 4.69) is 20.3 Å². The fourth-order valence-electron chi connectivity index (χ4n) is 3.23. The Hall–Kier alpha value is -3.16. The number of aromatic nitrogens is 3. The zero-order valence-corrected chi connectivity index (χ0v) is 15.2. The van der Waals surface area contributed by atoms with Crippen LogP contribution in [0.25, 0.3) is 22.2 Å². The van der Waals surface area contributed by atoms with Crippen LogP contribution in [0.1, 0.15) is 19.3 Å². The number of pyridine rings is 2. The van der Waals surface area contributed by atoms with Crippen LogP contribution in [0.4, 0.5) is 10.2 Å². The normalized spacial score (nSPS) is 20.8. The molecular formula is C20H19FN4O3. The molecule has 28 heavy (non-hydrogen) atoms. The molecule has 2 saturated carbocycles. The Kier molecular flexibility index (Phi) is 3.92. The summed E-state index contributed by atoms with van der Waals surface area (Å²) in [6, 6.07) is 5.40. The van der Waals surface area contributed by atoms with Gasteiger partial charge in [0.1, 0.15) is 23.4 Å². The van der Waals surface area contributed by atoms with Gasteiger partial charge in [0, 0.05) is 23.3 Å². The number of aromatic amines is 1. The summed E-state index contributed by atoms with van der Waals surface area (Å²) in [6.07, 6.45) is 5.05. The van der Waals surface area contributed by atoms with Gasteiger partial charge >= 0.3 is 0 Å². The van der Waals surface area contributed by atoms with E-state index < -0.39 is 12.1 Å². The van der Waals surface area contributed by atoms with Gasteiger partial charge in [-0.05, 0) is 37.5 Å². The van der Waals surface area contributed by atoms with E-state index in [-0.39, 0.29) is 18.4 Å². The summed E-state index contributed by atoms with van der Waals surface area (Å²) >= 11 is 0. The third-order valence-electron chi connectivity index (χ3n) is 5.00. The largest absolute Gasteiger partial charge is 0.490 e. The molecule has 0 bridgehead atoms. The van der Waals surface area contributed by atoms with Crippen molar-refractivity contribution in [1.29, 1.82) is 0 Å². The number of alkyl halides is 1. The minimum atomic E-state index is -1.04. The fourth-order valence-corrected chi connectivity index (χ4v) is 3.23. The second-order valence-corrected chi connectivity index (χ2v) is 7.15. The van der Waals surface area contributed by atoms with Crippen molar-refractivity contribution in [3.8, 4) is 22.8 Å². The minimum Gasteiger partial charge on any atom is -0.490 e. The second-order valence-electron chi connectivity index (χ2n) is 7.15. The molecule has 5 rings (SSSR count). The summed E-state index contributed by atoms with van der Waals surface area (Å²) in [5.41, 5.74) is 2.22. The summed E-state index contributed by atoms with van der Waals surface area (Å²) in [5, 5.41) is 3.52. The molecule has 0 aliphatic heterocycles. The van der Waals surface area contributed by atoms with Crippen molar-refractivity contribution in [3.63, 3.8) is 0 Å². The number of hydrogen-bond donors (Lipinski definition) is 2. The predicted molar refractivity (Wildman–Crippen MR) is 101 cm³/mol. The Bertz CT molecular complexity index is 1060. The number of methoxy groups -OCH3 is 1. The SMILES string of the molecule is COc1nccc(OC2CC2)c1-c1c[nH]c2nc(NC(=O)C3CC3F)ccc12. The monoisotopic (exact) mass is 382 g/mol. The van der Waals surface area contributed by atoms with Crippen LogP contribution in [0.15, 0.2) is 30.6 Å². The Morgan fingerprint density at radius 2 is 2.14 bits per heavy atom. The molecule has 3 aromatic heterocycles. The molecule has 2 atom stereocenters. The number of carbonyl (C=O) groups is 1. The first kappa shape index (κ1) is 17.0. The molecule has 8 heteroatoms. The third kappa shape index (κ3) is 3.04. The van der Waals surface area contributed by atoms with E-state index in [1.807, 2.05) is 18.3 Å². The molecule has 2 fully saturated rings. The van der Waals surface area contributed by atoms with Gasteiger partial charge in [0.25, 0.3) is 0 Å². The first-order valence-corrected chi connectivity index (χ1v) is 9.27.